The second-order valence-corrected chi connectivity index (χ2v) is 8.27. The topological polar surface area (TPSA) is 26.3 Å². The van der Waals surface area contributed by atoms with Crippen LogP contribution < -0.4 is 0 Å². The molecule has 0 saturated carbocycles. The van der Waals surface area contributed by atoms with Gasteiger partial charge in [0.25, 0.3) is 0 Å². The summed E-state index contributed by atoms with van der Waals surface area (Å²) in [6.07, 6.45) is 0. The third-order valence-electron chi connectivity index (χ3n) is 5.74. The lowest BCUT2D eigenvalue weighted by molar-refractivity contribution is -0.141. The van der Waals surface area contributed by atoms with Gasteiger partial charge in [-0.3, -0.25) is 4.79 Å². The van der Waals surface area contributed by atoms with Gasteiger partial charge in [0.1, 0.15) is 6.61 Å². The van der Waals surface area contributed by atoms with Crippen LogP contribution in [0.15, 0.2) is 48.5 Å². The highest BCUT2D eigenvalue weighted by molar-refractivity contribution is 8.00. The van der Waals surface area contributed by atoms with E-state index in [2.05, 4.69) is 55.5 Å². The predicted molar refractivity (Wildman–Crippen MR) is 91.9 cm³/mol. The fraction of sp³-hybridized carbons (Fsp3) is 0.350. The van der Waals surface area contributed by atoms with Crippen molar-refractivity contribution in [3.8, 4) is 0 Å². The normalized spacial score (nSPS) is 32.9. The predicted octanol–water partition coefficient (Wildman–Crippen LogP) is 3.94. The van der Waals surface area contributed by atoms with Crippen molar-refractivity contribution < 1.29 is 9.53 Å². The summed E-state index contributed by atoms with van der Waals surface area (Å²) in [4.78, 5) is 12.7. The van der Waals surface area contributed by atoms with Crippen LogP contribution in [0.2, 0.25) is 0 Å². The summed E-state index contributed by atoms with van der Waals surface area (Å²) in [5, 5.41) is 0. The van der Waals surface area contributed by atoms with E-state index in [0.29, 0.717) is 6.61 Å². The Labute approximate surface area is 140 Å². The Hall–Kier alpha value is -1.74. The number of carbonyl (C=O) groups is 1. The van der Waals surface area contributed by atoms with Crippen molar-refractivity contribution in [3.63, 3.8) is 0 Å². The number of carbonyl (C=O) groups excluding carboxylic acids is 1. The van der Waals surface area contributed by atoms with Gasteiger partial charge in [-0.05, 0) is 28.0 Å². The van der Waals surface area contributed by atoms with Crippen molar-refractivity contribution in [2.24, 2.45) is 5.92 Å². The zero-order valence-electron chi connectivity index (χ0n) is 13.0. The lowest BCUT2D eigenvalue weighted by atomic mass is 9.54. The molecule has 0 N–H and O–H groups in total. The summed E-state index contributed by atoms with van der Waals surface area (Å²) in [5.74, 6) is 1.33. The molecule has 2 atom stereocenters. The number of thioether (sulfide) groups is 1. The monoisotopic (exact) mass is 322 g/mol. The van der Waals surface area contributed by atoms with Crippen molar-refractivity contribution in [2.75, 3.05) is 12.4 Å². The van der Waals surface area contributed by atoms with E-state index in [1.54, 1.807) is 0 Å². The number of esters is 1. The van der Waals surface area contributed by atoms with E-state index in [1.165, 1.54) is 22.3 Å². The Kier molecular flexibility index (Phi) is 2.76. The standard InChI is InChI=1S/C20H18O2S/c1-2-23-20-11-22-19(21)18(20)16-12-7-3-5-9-14(12)17(20)15-10-6-4-8-13(15)16/h3-10,16-18H,2,11H2,1H3/t16?,17?,18-,20+/m0/s1. The molecule has 2 nitrogen and oxygen atoms in total. The molecule has 2 bridgehead atoms. The minimum Gasteiger partial charge on any atom is -0.464 e. The van der Waals surface area contributed by atoms with Gasteiger partial charge in [0.05, 0.1) is 10.7 Å². The second-order valence-electron chi connectivity index (χ2n) is 6.64. The summed E-state index contributed by atoms with van der Waals surface area (Å²) in [5.41, 5.74) is 5.44. The molecule has 6 rings (SSSR count). The Morgan fingerprint density at radius 3 is 2.17 bits per heavy atom. The van der Waals surface area contributed by atoms with Crippen LogP contribution in [0.5, 0.6) is 0 Å². The maximum absolute atomic E-state index is 12.7. The van der Waals surface area contributed by atoms with Crippen LogP contribution in [0.3, 0.4) is 0 Å². The van der Waals surface area contributed by atoms with Gasteiger partial charge in [-0.15, -0.1) is 11.8 Å². The van der Waals surface area contributed by atoms with E-state index in [0.717, 1.165) is 5.75 Å². The Morgan fingerprint density at radius 1 is 1.04 bits per heavy atom. The van der Waals surface area contributed by atoms with Crippen LogP contribution in [0.25, 0.3) is 0 Å². The molecule has 1 heterocycles. The van der Waals surface area contributed by atoms with E-state index in [9.17, 15) is 4.79 Å². The van der Waals surface area contributed by atoms with Gasteiger partial charge in [0.2, 0.25) is 0 Å². The molecule has 1 aliphatic heterocycles. The molecule has 3 heteroatoms. The van der Waals surface area contributed by atoms with E-state index in [-0.39, 0.29) is 28.5 Å². The largest absolute Gasteiger partial charge is 0.464 e. The summed E-state index contributed by atoms with van der Waals surface area (Å²) in [6, 6.07) is 17.3. The van der Waals surface area contributed by atoms with Crippen LogP contribution >= 0.6 is 11.8 Å². The maximum atomic E-state index is 12.7. The summed E-state index contributed by atoms with van der Waals surface area (Å²) < 4.78 is 5.50. The third kappa shape index (κ3) is 1.54. The highest BCUT2D eigenvalue weighted by Crippen LogP contribution is 2.66. The van der Waals surface area contributed by atoms with Gasteiger partial charge < -0.3 is 4.74 Å². The molecular weight excluding hydrogens is 304 g/mol. The maximum Gasteiger partial charge on any atom is 0.311 e. The number of ether oxygens (including phenoxy) is 1. The van der Waals surface area contributed by atoms with Crippen molar-refractivity contribution in [1.29, 1.82) is 0 Å². The summed E-state index contributed by atoms with van der Waals surface area (Å²) >= 11 is 1.92. The van der Waals surface area contributed by atoms with Gasteiger partial charge in [0, 0.05) is 11.8 Å². The molecule has 116 valence electrons. The average molecular weight is 322 g/mol. The van der Waals surface area contributed by atoms with Crippen LogP contribution in [-0.4, -0.2) is 23.1 Å². The molecule has 3 aliphatic carbocycles. The quantitative estimate of drug-likeness (QED) is 0.783. The van der Waals surface area contributed by atoms with E-state index >= 15 is 0 Å². The molecular formula is C20H18O2S. The molecule has 23 heavy (non-hydrogen) atoms. The van der Waals surface area contributed by atoms with Crippen LogP contribution in [0, 0.1) is 5.92 Å². The van der Waals surface area contributed by atoms with E-state index in [4.69, 9.17) is 4.74 Å². The van der Waals surface area contributed by atoms with Crippen molar-refractivity contribution in [3.05, 3.63) is 70.8 Å². The van der Waals surface area contributed by atoms with Crippen molar-refractivity contribution in [2.45, 2.75) is 23.5 Å². The molecule has 1 saturated heterocycles. The average Bonchev–Trinajstić information content (AvgIpc) is 2.93. The molecule has 0 amide bonds. The molecule has 1 fully saturated rings. The van der Waals surface area contributed by atoms with Gasteiger partial charge in [-0.2, -0.15) is 0 Å². The van der Waals surface area contributed by atoms with Gasteiger partial charge >= 0.3 is 5.97 Å². The SMILES string of the molecule is CCS[C@@]12COC(=O)[C@@H]1C1c3ccccc3C2c2ccccc21. The molecule has 2 aromatic carbocycles. The van der Waals surface area contributed by atoms with Gasteiger partial charge in [-0.25, -0.2) is 0 Å². The number of hydrogen-bond acceptors (Lipinski definition) is 3. The Morgan fingerprint density at radius 2 is 1.61 bits per heavy atom. The van der Waals surface area contributed by atoms with E-state index < -0.39 is 0 Å². The van der Waals surface area contributed by atoms with Crippen LogP contribution in [-0.2, 0) is 9.53 Å². The first-order chi connectivity index (χ1) is 11.3. The van der Waals surface area contributed by atoms with Gasteiger partial charge in [0.15, 0.2) is 0 Å². The van der Waals surface area contributed by atoms with E-state index in [1.807, 2.05) is 11.8 Å². The number of rotatable bonds is 2. The first-order valence-corrected chi connectivity index (χ1v) is 9.24. The molecule has 0 radical (unpaired) electrons. The summed E-state index contributed by atoms with van der Waals surface area (Å²) in [7, 11) is 0. The molecule has 0 unspecified atom stereocenters. The van der Waals surface area contributed by atoms with Crippen LogP contribution in [0.4, 0.5) is 0 Å². The highest BCUT2D eigenvalue weighted by atomic mass is 32.2. The lowest BCUT2D eigenvalue weighted by Crippen LogP contribution is -2.52. The number of cyclic esters (lactones) is 1. The van der Waals surface area contributed by atoms with Crippen molar-refractivity contribution in [1.82, 2.24) is 0 Å². The zero-order valence-corrected chi connectivity index (χ0v) is 13.8. The number of benzene rings is 2. The molecule has 2 aromatic rings. The lowest BCUT2D eigenvalue weighted by Gasteiger charge is -2.52. The fourth-order valence-electron chi connectivity index (χ4n) is 5.06. The summed E-state index contributed by atoms with van der Waals surface area (Å²) in [6.45, 7) is 2.72. The minimum absolute atomic E-state index is 0.00930. The first-order valence-electron chi connectivity index (χ1n) is 8.26. The zero-order chi connectivity index (χ0) is 15.6. The number of hydrogen-bond donors (Lipinski definition) is 0. The fourth-order valence-corrected chi connectivity index (χ4v) is 6.57. The first kappa shape index (κ1) is 13.7. The van der Waals surface area contributed by atoms with Crippen LogP contribution in [0.1, 0.15) is 41.0 Å². The van der Waals surface area contributed by atoms with Crippen molar-refractivity contribution >= 4 is 17.7 Å². The smallest absolute Gasteiger partial charge is 0.311 e. The Bertz CT molecular complexity index is 767. The molecule has 4 aliphatic rings. The third-order valence-corrected chi connectivity index (χ3v) is 7.17. The highest BCUT2D eigenvalue weighted by Gasteiger charge is 2.65. The second kappa shape index (κ2) is 4.64. The molecule has 0 spiro atoms. The Balaban J connectivity index is 1.86. The minimum atomic E-state index is -0.140. The molecule has 0 aromatic heterocycles. The van der Waals surface area contributed by atoms with Gasteiger partial charge in [-0.1, -0.05) is 55.5 Å².